The smallest absolute Gasteiger partial charge is 0.168 e. The molecular weight excluding hydrogens is 1290 g/mol. The molecule has 0 aliphatic rings. The van der Waals surface area contributed by atoms with E-state index in [0.29, 0.717) is 43.9 Å². The first-order valence-corrected chi connectivity index (χ1v) is 37.6. The molecule has 0 fully saturated rings. The molecular formula is C84H78F2N6O2S4. The molecule has 12 aromatic rings. The Labute approximate surface area is 590 Å². The third kappa shape index (κ3) is 14.8. The average molecular weight is 1370 g/mol. The molecule has 4 unspecified atom stereocenters. The van der Waals surface area contributed by atoms with E-state index in [9.17, 15) is 0 Å². The van der Waals surface area contributed by atoms with E-state index in [0.717, 1.165) is 138 Å². The molecule has 12 rings (SSSR count). The Balaban J connectivity index is 0.929. The van der Waals surface area contributed by atoms with E-state index in [1.165, 1.54) is 83.8 Å². The minimum absolute atomic E-state index is 0.115. The summed E-state index contributed by atoms with van der Waals surface area (Å²) in [4.78, 5) is 10.9. The number of rotatable bonds is 28. The third-order valence-corrected chi connectivity index (χ3v) is 23.1. The summed E-state index contributed by atoms with van der Waals surface area (Å²) in [6.07, 6.45) is 34.0. The number of aromatic nitrogens is 6. The summed E-state index contributed by atoms with van der Waals surface area (Å²) in [6.45, 7) is 16.1. The summed E-state index contributed by atoms with van der Waals surface area (Å²) in [5.41, 5.74) is 9.86. The lowest BCUT2D eigenvalue weighted by molar-refractivity contribution is 0.330. The number of hydrogen-bond acceptors (Lipinski definition) is 10. The number of hydrogen-bond donors (Lipinski definition) is 0. The topological polar surface area (TPSA) is 87.7 Å². The second kappa shape index (κ2) is 31.5. The lowest BCUT2D eigenvalue weighted by Gasteiger charge is -2.15. The molecule has 0 amide bonds. The Morgan fingerprint density at radius 3 is 1.59 bits per heavy atom. The highest BCUT2D eigenvalue weighted by atomic mass is 32.1. The van der Waals surface area contributed by atoms with Crippen molar-refractivity contribution >= 4 is 89.4 Å². The lowest BCUT2D eigenvalue weighted by Crippen LogP contribution is -2.13. The molecule has 98 heavy (non-hydrogen) atoms. The van der Waals surface area contributed by atoms with Crippen LogP contribution in [-0.2, 0) is 25.9 Å². The summed E-state index contributed by atoms with van der Waals surface area (Å²) in [7, 11) is 0. The Hall–Kier alpha value is -9.22. The maximum atomic E-state index is 16.9. The number of unbranched alkanes of at least 4 members (excludes halogenated alkanes) is 5. The summed E-state index contributed by atoms with van der Waals surface area (Å²) in [6, 6.07) is 32.1. The quantitative estimate of drug-likeness (QED) is 0.0359. The number of thiophene rings is 4. The van der Waals surface area contributed by atoms with Crippen LogP contribution in [0.25, 0.3) is 118 Å². The molecule has 14 heteroatoms. The maximum Gasteiger partial charge on any atom is 0.168 e. The van der Waals surface area contributed by atoms with Crippen LogP contribution >= 0.6 is 45.3 Å². The highest BCUT2D eigenvalue weighted by molar-refractivity contribution is 7.19. The van der Waals surface area contributed by atoms with Crippen molar-refractivity contribution in [2.45, 2.75) is 158 Å². The van der Waals surface area contributed by atoms with Gasteiger partial charge in [-0.25, -0.2) is 8.78 Å². The Bertz CT molecular complexity index is 5230. The highest BCUT2D eigenvalue weighted by Gasteiger charge is 2.29. The molecule has 0 aliphatic carbocycles. The van der Waals surface area contributed by atoms with Gasteiger partial charge in [-0.15, -0.1) is 70.5 Å². The van der Waals surface area contributed by atoms with Gasteiger partial charge in [0.1, 0.15) is 50.7 Å². The van der Waals surface area contributed by atoms with Crippen molar-refractivity contribution in [1.82, 2.24) is 30.0 Å². The van der Waals surface area contributed by atoms with Gasteiger partial charge >= 0.3 is 0 Å². The molecule has 8 nitrogen and oxygen atoms in total. The molecule has 0 saturated carbocycles. The summed E-state index contributed by atoms with van der Waals surface area (Å²) in [5, 5.41) is 22.4. The number of furan rings is 2. The normalized spacial score (nSPS) is 12.6. The van der Waals surface area contributed by atoms with E-state index in [4.69, 9.17) is 48.5 Å². The van der Waals surface area contributed by atoms with Crippen LogP contribution in [0.3, 0.4) is 0 Å². The fourth-order valence-corrected chi connectivity index (χ4v) is 17.6. The van der Waals surface area contributed by atoms with Crippen LogP contribution in [0, 0.1) is 122 Å². The first-order valence-electron chi connectivity index (χ1n) is 34.3. The number of aryl methyl sites for hydroxylation is 2. The lowest BCUT2D eigenvalue weighted by atomic mass is 9.95. The monoisotopic (exact) mass is 1370 g/mol. The maximum absolute atomic E-state index is 16.9. The van der Waals surface area contributed by atoms with Crippen LogP contribution in [0.2, 0.25) is 0 Å². The summed E-state index contributed by atoms with van der Waals surface area (Å²) in [5.74, 6) is 24.7. The zero-order valence-corrected chi connectivity index (χ0v) is 60.0. The zero-order chi connectivity index (χ0) is 68.4. The van der Waals surface area contributed by atoms with Crippen molar-refractivity contribution in [2.75, 3.05) is 0 Å². The van der Waals surface area contributed by atoms with Gasteiger partial charge in [-0.05, 0) is 178 Å². The highest BCUT2D eigenvalue weighted by Crippen LogP contribution is 2.52. The molecule has 0 bridgehead atoms. The van der Waals surface area contributed by atoms with E-state index in [1.807, 2.05) is 59.5 Å². The van der Waals surface area contributed by atoms with Gasteiger partial charge in [0.2, 0.25) is 0 Å². The summed E-state index contributed by atoms with van der Waals surface area (Å²) >= 11 is 6.29. The molecule has 0 aliphatic heterocycles. The van der Waals surface area contributed by atoms with Gasteiger partial charge in [0.15, 0.2) is 11.6 Å². The van der Waals surface area contributed by atoms with Crippen molar-refractivity contribution < 1.29 is 17.6 Å². The van der Waals surface area contributed by atoms with Gasteiger partial charge in [-0.3, -0.25) is 0 Å². The van der Waals surface area contributed by atoms with E-state index in [2.05, 4.69) is 143 Å². The van der Waals surface area contributed by atoms with Crippen molar-refractivity contribution in [2.24, 2.45) is 23.7 Å². The van der Waals surface area contributed by atoms with Gasteiger partial charge in [-0.2, -0.15) is 30.0 Å². The van der Waals surface area contributed by atoms with E-state index >= 15 is 8.78 Å². The van der Waals surface area contributed by atoms with Gasteiger partial charge in [0.05, 0.1) is 13.1 Å². The van der Waals surface area contributed by atoms with Crippen LogP contribution in [-0.4, -0.2) is 30.0 Å². The predicted molar refractivity (Wildman–Crippen MR) is 407 cm³/mol. The molecule has 0 spiro atoms. The van der Waals surface area contributed by atoms with Crippen molar-refractivity contribution in [3.63, 3.8) is 0 Å². The van der Waals surface area contributed by atoms with Gasteiger partial charge in [0, 0.05) is 94.7 Å². The van der Waals surface area contributed by atoms with Crippen LogP contribution in [0.1, 0.15) is 139 Å². The van der Waals surface area contributed by atoms with Crippen LogP contribution in [0.15, 0.2) is 106 Å². The van der Waals surface area contributed by atoms with E-state index < -0.39 is 17.6 Å². The molecule has 4 aromatic carbocycles. The standard InChI is InChI=1S/C84H78F2N6O2S4/c1-11-19-24-26-31-57(29-22-14-4)51-91-87-79-53(9)33-36-64(81(79)89-91)71-45-43-69(97-71)62-38-39-63(78(86)77(62)85)70-44-46-72(98-70)65-40-37-61(80-82(65)90-92(88-80)52-58(30-23-15-5)32-27-25-20-12-2)68-50-67-76(74-41-34-59(95-74)48-55(16-6)17-7)83-66(47-54(10)93-83)75(84(67)94-68)73-42-35-60(96-73)49-56(18-8)28-21-13-3/h2,5-6,33-47,50,55-58H,11,13-14,17-19,21-22,24,26,28-29,31,48-49,51-52H2,1,3-4,7-10H3. The summed E-state index contributed by atoms with van der Waals surface area (Å²) < 4.78 is 47.9. The molecule has 0 N–H and O–H groups in total. The van der Waals surface area contributed by atoms with E-state index in [1.54, 1.807) is 28.3 Å². The number of nitrogens with zero attached hydrogens (tertiary/aromatic N) is 6. The van der Waals surface area contributed by atoms with Crippen molar-refractivity contribution in [3.8, 4) is 147 Å². The SMILES string of the molecule is C#CC#CC#CC(C#CC#C)Cn1nc2c(-c3cc4c(-c5ccc(CC(C#C)CC)s5)c5oc(C)cc5c(-c5ccc(CC(CC)CCCC)s5)c4o3)ccc(-c3ccc(-c4ccc(-c5ccc(-c6ccc(C)c7nn(CC(CCCC)CCCCCC)nc67)s5)c(F)c4F)s3)c2n1. The predicted octanol–water partition coefficient (Wildman–Crippen LogP) is 23.1. The molecule has 8 heterocycles. The second-order valence-corrected chi connectivity index (χ2v) is 29.9. The fourth-order valence-electron chi connectivity index (χ4n) is 13.2. The fraction of sp³-hybridized carbons (Fsp3) is 0.333. The largest absolute Gasteiger partial charge is 0.461 e. The first-order chi connectivity index (χ1) is 47.8. The van der Waals surface area contributed by atoms with Crippen LogP contribution in [0.4, 0.5) is 8.78 Å². The Kier molecular flexibility index (Phi) is 22.1. The third-order valence-electron chi connectivity index (χ3n) is 18.6. The van der Waals surface area contributed by atoms with Gasteiger partial charge in [-0.1, -0.05) is 129 Å². The Morgan fingerprint density at radius 1 is 0.469 bits per heavy atom. The Morgan fingerprint density at radius 2 is 0.980 bits per heavy atom. The average Bonchev–Trinajstić information content (AvgIpc) is 1.56. The number of halogens is 2. The molecule has 494 valence electrons. The van der Waals surface area contributed by atoms with Crippen molar-refractivity contribution in [3.05, 3.63) is 130 Å². The molecule has 4 atom stereocenters. The van der Waals surface area contributed by atoms with Crippen LogP contribution < -0.4 is 0 Å². The minimum Gasteiger partial charge on any atom is -0.461 e. The molecule has 8 aromatic heterocycles. The molecule has 0 radical (unpaired) electrons. The number of terminal acetylenes is 3. The number of benzene rings is 4. The van der Waals surface area contributed by atoms with Crippen molar-refractivity contribution in [1.29, 1.82) is 0 Å². The van der Waals surface area contributed by atoms with E-state index in [-0.39, 0.29) is 23.6 Å². The first kappa shape index (κ1) is 68.7. The zero-order valence-electron chi connectivity index (χ0n) is 56.7. The second-order valence-electron chi connectivity index (χ2n) is 25.4. The van der Waals surface area contributed by atoms with Crippen LogP contribution in [0.5, 0.6) is 0 Å². The van der Waals surface area contributed by atoms with Gasteiger partial charge < -0.3 is 8.83 Å². The number of fused-ring (bicyclic) bond motifs is 4. The van der Waals surface area contributed by atoms with Gasteiger partial charge in [0.25, 0.3) is 0 Å². The minimum atomic E-state index is -0.935. The molecule has 0 saturated heterocycles.